The zero-order chi connectivity index (χ0) is 18.2. The van der Waals surface area contributed by atoms with E-state index in [0.29, 0.717) is 13.2 Å². The van der Waals surface area contributed by atoms with Gasteiger partial charge in [-0.1, -0.05) is 18.2 Å². The molecular weight excluding hydrogens is 318 g/mol. The molecule has 1 aliphatic heterocycles. The van der Waals surface area contributed by atoms with Gasteiger partial charge in [-0.15, -0.1) is 0 Å². The molecule has 1 heterocycles. The minimum Gasteiger partial charge on any atom is -0.385 e. The van der Waals surface area contributed by atoms with E-state index in [1.54, 1.807) is 19.1 Å². The number of hydrogen-bond acceptors (Lipinski definition) is 4. The van der Waals surface area contributed by atoms with Crippen LogP contribution in [0.5, 0.6) is 0 Å². The first-order chi connectivity index (χ1) is 12.0. The summed E-state index contributed by atoms with van der Waals surface area (Å²) in [6.07, 6.45) is 1.29. The molecule has 6 heteroatoms. The van der Waals surface area contributed by atoms with Crippen LogP contribution >= 0.6 is 0 Å². The Morgan fingerprint density at radius 1 is 1.32 bits per heavy atom. The standard InChI is InChI=1S/C19H31N3O3/c1-15-12-22(13-16(2)25-15)14-17-8-5-6-9-18(17)20-19(23)21(3)10-7-11-24-4/h5-6,8-9,15-16H,7,10-14H2,1-4H3,(H,20,23)/t15-,16+. The highest BCUT2D eigenvalue weighted by Gasteiger charge is 2.23. The molecule has 2 atom stereocenters. The van der Waals surface area contributed by atoms with Crippen molar-refractivity contribution in [3.63, 3.8) is 0 Å². The Balaban J connectivity index is 1.96. The van der Waals surface area contributed by atoms with Gasteiger partial charge in [0.15, 0.2) is 0 Å². The lowest BCUT2D eigenvalue weighted by atomic mass is 10.1. The molecule has 1 fully saturated rings. The molecule has 0 aromatic heterocycles. The predicted octanol–water partition coefficient (Wildman–Crippen LogP) is 2.80. The maximum Gasteiger partial charge on any atom is 0.321 e. The monoisotopic (exact) mass is 349 g/mol. The lowest BCUT2D eigenvalue weighted by Gasteiger charge is -2.35. The third kappa shape index (κ3) is 6.30. The molecule has 2 rings (SSSR count). The number of rotatable bonds is 7. The Hall–Kier alpha value is -1.63. The van der Waals surface area contributed by atoms with Gasteiger partial charge in [0.1, 0.15) is 0 Å². The van der Waals surface area contributed by atoms with Crippen molar-refractivity contribution in [2.24, 2.45) is 0 Å². The van der Waals surface area contributed by atoms with Crippen molar-refractivity contribution in [1.82, 2.24) is 9.80 Å². The fourth-order valence-electron chi connectivity index (χ4n) is 3.19. The van der Waals surface area contributed by atoms with Gasteiger partial charge in [0, 0.05) is 52.6 Å². The molecule has 2 amide bonds. The number of amides is 2. The van der Waals surface area contributed by atoms with Crippen molar-refractivity contribution in [2.45, 2.75) is 39.0 Å². The van der Waals surface area contributed by atoms with Gasteiger partial charge in [0.25, 0.3) is 0 Å². The van der Waals surface area contributed by atoms with E-state index in [4.69, 9.17) is 9.47 Å². The maximum absolute atomic E-state index is 12.4. The summed E-state index contributed by atoms with van der Waals surface area (Å²) in [5.74, 6) is 0. The van der Waals surface area contributed by atoms with E-state index < -0.39 is 0 Å². The number of urea groups is 1. The van der Waals surface area contributed by atoms with E-state index in [-0.39, 0.29) is 18.2 Å². The van der Waals surface area contributed by atoms with E-state index in [0.717, 1.165) is 37.3 Å². The summed E-state index contributed by atoms with van der Waals surface area (Å²) in [4.78, 5) is 16.5. The minimum atomic E-state index is -0.0905. The largest absolute Gasteiger partial charge is 0.385 e. The topological polar surface area (TPSA) is 54.0 Å². The van der Waals surface area contributed by atoms with Crippen molar-refractivity contribution in [1.29, 1.82) is 0 Å². The number of methoxy groups -OCH3 is 1. The summed E-state index contributed by atoms with van der Waals surface area (Å²) in [7, 11) is 3.47. The number of benzene rings is 1. The van der Waals surface area contributed by atoms with Crippen molar-refractivity contribution in [3.8, 4) is 0 Å². The molecule has 0 bridgehead atoms. The predicted molar refractivity (Wildman–Crippen MR) is 99.9 cm³/mol. The Bertz CT molecular complexity index is 542. The number of ether oxygens (including phenoxy) is 2. The Kier molecular flexibility index (Phi) is 7.68. The summed E-state index contributed by atoms with van der Waals surface area (Å²) in [6, 6.07) is 7.91. The number of carbonyl (C=O) groups excluding carboxylic acids is 1. The fraction of sp³-hybridized carbons (Fsp3) is 0.632. The molecule has 6 nitrogen and oxygen atoms in total. The van der Waals surface area contributed by atoms with Gasteiger partial charge in [-0.3, -0.25) is 4.90 Å². The summed E-state index contributed by atoms with van der Waals surface area (Å²) >= 11 is 0. The number of morpholine rings is 1. The Morgan fingerprint density at radius 3 is 2.68 bits per heavy atom. The molecule has 1 N–H and O–H groups in total. The first kappa shape index (κ1) is 19.7. The van der Waals surface area contributed by atoms with Gasteiger partial charge >= 0.3 is 6.03 Å². The lowest BCUT2D eigenvalue weighted by molar-refractivity contribution is -0.0704. The quantitative estimate of drug-likeness (QED) is 0.769. The molecular formula is C19H31N3O3. The van der Waals surface area contributed by atoms with Crippen LogP contribution in [0.2, 0.25) is 0 Å². The van der Waals surface area contributed by atoms with Crippen molar-refractivity contribution < 1.29 is 14.3 Å². The van der Waals surface area contributed by atoms with Gasteiger partial charge in [-0.25, -0.2) is 4.79 Å². The molecule has 0 radical (unpaired) electrons. The van der Waals surface area contributed by atoms with Gasteiger partial charge in [-0.05, 0) is 31.9 Å². The van der Waals surface area contributed by atoms with E-state index in [1.165, 1.54) is 0 Å². The molecule has 140 valence electrons. The van der Waals surface area contributed by atoms with Gasteiger partial charge in [-0.2, -0.15) is 0 Å². The maximum atomic E-state index is 12.4. The number of hydrogen-bond donors (Lipinski definition) is 1. The molecule has 1 aromatic carbocycles. The summed E-state index contributed by atoms with van der Waals surface area (Å²) in [5.41, 5.74) is 2.00. The lowest BCUT2D eigenvalue weighted by Crippen LogP contribution is -2.45. The number of carbonyl (C=O) groups is 1. The smallest absolute Gasteiger partial charge is 0.321 e. The second kappa shape index (κ2) is 9.75. The van der Waals surface area contributed by atoms with E-state index in [9.17, 15) is 4.79 Å². The van der Waals surface area contributed by atoms with Gasteiger partial charge in [0.05, 0.1) is 12.2 Å². The highest BCUT2D eigenvalue weighted by Crippen LogP contribution is 2.20. The normalized spacial score (nSPS) is 21.1. The van der Waals surface area contributed by atoms with E-state index in [2.05, 4.69) is 30.1 Å². The van der Waals surface area contributed by atoms with Crippen molar-refractivity contribution in [2.75, 3.05) is 45.7 Å². The number of nitrogens with one attached hydrogen (secondary N) is 1. The van der Waals surface area contributed by atoms with Crippen LogP contribution < -0.4 is 5.32 Å². The SMILES string of the molecule is COCCCN(C)C(=O)Nc1ccccc1CN1C[C@@H](C)O[C@@H](C)C1. The zero-order valence-electron chi connectivity index (χ0n) is 15.8. The molecule has 25 heavy (non-hydrogen) atoms. The van der Waals surface area contributed by atoms with Gasteiger partial charge < -0.3 is 19.7 Å². The molecule has 1 saturated heterocycles. The van der Waals surface area contributed by atoms with Crippen LogP contribution in [0.15, 0.2) is 24.3 Å². The molecule has 0 saturated carbocycles. The van der Waals surface area contributed by atoms with Crippen LogP contribution in [0.1, 0.15) is 25.8 Å². The van der Waals surface area contributed by atoms with Gasteiger partial charge in [0.2, 0.25) is 0 Å². The number of anilines is 1. The highest BCUT2D eigenvalue weighted by molar-refractivity contribution is 5.89. The third-order valence-electron chi connectivity index (χ3n) is 4.34. The summed E-state index contributed by atoms with van der Waals surface area (Å²) in [5, 5.41) is 3.04. The Morgan fingerprint density at radius 2 is 2.00 bits per heavy atom. The average Bonchev–Trinajstić information content (AvgIpc) is 2.55. The summed E-state index contributed by atoms with van der Waals surface area (Å²) < 4.78 is 10.8. The third-order valence-corrected chi connectivity index (χ3v) is 4.34. The molecule has 1 aliphatic rings. The van der Waals surface area contributed by atoms with Crippen LogP contribution in [0, 0.1) is 0 Å². The second-order valence-electron chi connectivity index (χ2n) is 6.81. The molecule has 0 aliphatic carbocycles. The molecule has 0 unspecified atom stereocenters. The molecule has 1 aromatic rings. The van der Waals surface area contributed by atoms with Crippen LogP contribution in [-0.4, -0.2) is 68.4 Å². The Labute approximate surface area is 151 Å². The van der Waals surface area contributed by atoms with E-state index in [1.807, 2.05) is 18.2 Å². The van der Waals surface area contributed by atoms with Crippen LogP contribution in [-0.2, 0) is 16.0 Å². The highest BCUT2D eigenvalue weighted by atomic mass is 16.5. The first-order valence-electron chi connectivity index (χ1n) is 8.96. The van der Waals surface area contributed by atoms with Crippen LogP contribution in [0.4, 0.5) is 10.5 Å². The van der Waals surface area contributed by atoms with Crippen molar-refractivity contribution >= 4 is 11.7 Å². The van der Waals surface area contributed by atoms with Crippen LogP contribution in [0.25, 0.3) is 0 Å². The summed E-state index contributed by atoms with van der Waals surface area (Å²) in [6.45, 7) is 8.15. The first-order valence-corrected chi connectivity index (χ1v) is 8.96. The fourth-order valence-corrected chi connectivity index (χ4v) is 3.19. The van der Waals surface area contributed by atoms with Crippen LogP contribution in [0.3, 0.4) is 0 Å². The second-order valence-corrected chi connectivity index (χ2v) is 6.81. The molecule has 0 spiro atoms. The average molecular weight is 349 g/mol. The zero-order valence-corrected chi connectivity index (χ0v) is 15.8. The number of para-hydroxylation sites is 1. The number of nitrogens with zero attached hydrogens (tertiary/aromatic N) is 2. The van der Waals surface area contributed by atoms with Crippen molar-refractivity contribution in [3.05, 3.63) is 29.8 Å². The van der Waals surface area contributed by atoms with E-state index >= 15 is 0 Å². The minimum absolute atomic E-state index is 0.0905.